The SMILES string of the molecule is Cc1cc(C(=O)N(Cc2ccc(CO)o2)CC2CCC2)n[nH]1. The second kappa shape index (κ2) is 6.36. The molecular formula is C16H21N3O3. The summed E-state index contributed by atoms with van der Waals surface area (Å²) in [5, 5.41) is 16.0. The lowest BCUT2D eigenvalue weighted by Gasteiger charge is -2.31. The summed E-state index contributed by atoms with van der Waals surface area (Å²) < 4.78 is 5.52. The number of carbonyl (C=O) groups is 1. The topological polar surface area (TPSA) is 82.4 Å². The highest BCUT2D eigenvalue weighted by atomic mass is 16.4. The quantitative estimate of drug-likeness (QED) is 0.857. The van der Waals surface area contributed by atoms with Crippen molar-refractivity contribution in [1.29, 1.82) is 0 Å². The van der Waals surface area contributed by atoms with Crippen LogP contribution in [0.15, 0.2) is 22.6 Å². The van der Waals surface area contributed by atoms with Gasteiger partial charge in [0.05, 0.1) is 6.54 Å². The molecule has 118 valence electrons. The molecule has 2 aromatic heterocycles. The summed E-state index contributed by atoms with van der Waals surface area (Å²) >= 11 is 0. The third kappa shape index (κ3) is 3.22. The molecule has 1 fully saturated rings. The number of hydrogen-bond acceptors (Lipinski definition) is 4. The number of rotatable bonds is 6. The molecule has 3 rings (SSSR count). The molecule has 1 saturated carbocycles. The van der Waals surface area contributed by atoms with E-state index in [-0.39, 0.29) is 12.5 Å². The zero-order chi connectivity index (χ0) is 15.5. The highest BCUT2D eigenvalue weighted by Crippen LogP contribution is 2.28. The molecule has 2 aromatic rings. The number of aliphatic hydroxyl groups excluding tert-OH is 1. The van der Waals surface area contributed by atoms with Crippen LogP contribution in [0.2, 0.25) is 0 Å². The van der Waals surface area contributed by atoms with Crippen molar-refractivity contribution in [3.8, 4) is 0 Å². The minimum absolute atomic E-state index is 0.0850. The Kier molecular flexibility index (Phi) is 4.29. The van der Waals surface area contributed by atoms with Crippen LogP contribution < -0.4 is 0 Å². The van der Waals surface area contributed by atoms with Gasteiger partial charge in [0.1, 0.15) is 23.8 Å². The average molecular weight is 303 g/mol. The van der Waals surface area contributed by atoms with Gasteiger partial charge in [-0.15, -0.1) is 0 Å². The molecule has 6 heteroatoms. The molecule has 0 radical (unpaired) electrons. The monoisotopic (exact) mass is 303 g/mol. The molecule has 1 aliphatic rings. The van der Waals surface area contributed by atoms with Gasteiger partial charge in [-0.3, -0.25) is 9.89 Å². The number of furan rings is 1. The molecular weight excluding hydrogens is 282 g/mol. The van der Waals surface area contributed by atoms with Crippen molar-refractivity contribution in [3.63, 3.8) is 0 Å². The van der Waals surface area contributed by atoms with E-state index in [1.807, 2.05) is 13.0 Å². The Balaban J connectivity index is 1.74. The number of nitrogens with one attached hydrogen (secondary N) is 1. The van der Waals surface area contributed by atoms with E-state index in [0.717, 1.165) is 12.2 Å². The van der Waals surface area contributed by atoms with Crippen LogP contribution in [0.3, 0.4) is 0 Å². The first kappa shape index (κ1) is 14.8. The van der Waals surface area contributed by atoms with Gasteiger partial charge in [0, 0.05) is 12.2 Å². The van der Waals surface area contributed by atoms with Crippen LogP contribution in [0.1, 0.15) is 47.0 Å². The Morgan fingerprint density at radius 1 is 1.45 bits per heavy atom. The zero-order valence-electron chi connectivity index (χ0n) is 12.7. The van der Waals surface area contributed by atoms with E-state index in [4.69, 9.17) is 9.52 Å². The number of aryl methyl sites for hydroxylation is 1. The second-order valence-corrected chi connectivity index (χ2v) is 5.94. The maximum atomic E-state index is 12.7. The molecule has 0 aromatic carbocycles. The van der Waals surface area contributed by atoms with E-state index in [0.29, 0.717) is 29.7 Å². The summed E-state index contributed by atoms with van der Waals surface area (Å²) in [4.78, 5) is 14.5. The zero-order valence-corrected chi connectivity index (χ0v) is 12.7. The van der Waals surface area contributed by atoms with Crippen LogP contribution in [0.5, 0.6) is 0 Å². The standard InChI is InChI=1S/C16H21N3O3/c1-11-7-15(18-17-11)16(21)19(8-12-3-2-4-12)9-13-5-6-14(10-20)22-13/h5-7,12,20H,2-4,8-10H2,1H3,(H,17,18). The molecule has 1 aliphatic carbocycles. The number of amides is 1. The van der Waals surface area contributed by atoms with E-state index in [2.05, 4.69) is 10.2 Å². The first-order valence-corrected chi connectivity index (χ1v) is 7.65. The lowest BCUT2D eigenvalue weighted by molar-refractivity contribution is 0.0657. The van der Waals surface area contributed by atoms with Crippen molar-refractivity contribution in [2.75, 3.05) is 6.54 Å². The summed E-state index contributed by atoms with van der Waals surface area (Å²) in [6.45, 7) is 2.87. The van der Waals surface area contributed by atoms with Crippen molar-refractivity contribution in [2.24, 2.45) is 5.92 Å². The van der Waals surface area contributed by atoms with Crippen LogP contribution >= 0.6 is 0 Å². The number of aromatic amines is 1. The van der Waals surface area contributed by atoms with Gasteiger partial charge < -0.3 is 14.4 Å². The largest absolute Gasteiger partial charge is 0.462 e. The van der Waals surface area contributed by atoms with Crippen LogP contribution in [0, 0.1) is 12.8 Å². The second-order valence-electron chi connectivity index (χ2n) is 5.94. The van der Waals surface area contributed by atoms with Crippen LogP contribution in [-0.2, 0) is 13.2 Å². The van der Waals surface area contributed by atoms with Crippen molar-refractivity contribution in [1.82, 2.24) is 15.1 Å². The number of carbonyl (C=O) groups excluding carboxylic acids is 1. The summed E-state index contributed by atoms with van der Waals surface area (Å²) in [6, 6.07) is 5.31. The van der Waals surface area contributed by atoms with Crippen LogP contribution in [0.25, 0.3) is 0 Å². The first-order valence-electron chi connectivity index (χ1n) is 7.65. The number of aromatic nitrogens is 2. The van der Waals surface area contributed by atoms with Crippen molar-refractivity contribution in [3.05, 3.63) is 41.1 Å². The van der Waals surface area contributed by atoms with E-state index in [1.165, 1.54) is 19.3 Å². The minimum Gasteiger partial charge on any atom is -0.462 e. The molecule has 0 aliphatic heterocycles. The van der Waals surface area contributed by atoms with Gasteiger partial charge in [-0.1, -0.05) is 6.42 Å². The molecule has 1 amide bonds. The van der Waals surface area contributed by atoms with Gasteiger partial charge in [0.2, 0.25) is 0 Å². The third-order valence-corrected chi connectivity index (χ3v) is 4.14. The molecule has 0 bridgehead atoms. The van der Waals surface area contributed by atoms with Crippen molar-refractivity contribution < 1.29 is 14.3 Å². The van der Waals surface area contributed by atoms with Gasteiger partial charge >= 0.3 is 0 Å². The highest BCUT2D eigenvalue weighted by molar-refractivity contribution is 5.92. The van der Waals surface area contributed by atoms with Gasteiger partial charge in [0.25, 0.3) is 5.91 Å². The Morgan fingerprint density at radius 3 is 2.77 bits per heavy atom. The number of aliphatic hydroxyl groups is 1. The van der Waals surface area contributed by atoms with Crippen molar-refractivity contribution in [2.45, 2.75) is 39.3 Å². The molecule has 0 unspecified atom stereocenters. The predicted octanol–water partition coefficient (Wildman–Crippen LogP) is 2.25. The summed E-state index contributed by atoms with van der Waals surface area (Å²) in [5.41, 5.74) is 1.30. The summed E-state index contributed by atoms with van der Waals surface area (Å²) in [7, 11) is 0. The van der Waals surface area contributed by atoms with E-state index in [1.54, 1.807) is 17.0 Å². The smallest absolute Gasteiger partial charge is 0.274 e. The van der Waals surface area contributed by atoms with E-state index in [9.17, 15) is 4.79 Å². The molecule has 2 N–H and O–H groups in total. The van der Waals surface area contributed by atoms with Gasteiger partial charge in [0.15, 0.2) is 0 Å². The number of hydrogen-bond donors (Lipinski definition) is 2. The normalized spacial score (nSPS) is 14.8. The summed E-state index contributed by atoms with van der Waals surface area (Å²) in [5.74, 6) is 1.68. The minimum atomic E-state index is -0.130. The highest BCUT2D eigenvalue weighted by Gasteiger charge is 2.26. The average Bonchev–Trinajstić information content (AvgIpc) is 3.09. The Labute approximate surface area is 129 Å². The van der Waals surface area contributed by atoms with Crippen LogP contribution in [-0.4, -0.2) is 32.7 Å². The molecule has 0 atom stereocenters. The van der Waals surface area contributed by atoms with E-state index >= 15 is 0 Å². The molecule has 6 nitrogen and oxygen atoms in total. The fraction of sp³-hybridized carbons (Fsp3) is 0.500. The van der Waals surface area contributed by atoms with Gasteiger partial charge in [-0.25, -0.2) is 0 Å². The number of nitrogens with zero attached hydrogens (tertiary/aromatic N) is 2. The maximum Gasteiger partial charge on any atom is 0.274 e. The first-order chi connectivity index (χ1) is 10.7. The lowest BCUT2D eigenvalue weighted by atomic mass is 9.85. The van der Waals surface area contributed by atoms with Gasteiger partial charge in [-0.05, 0) is 43.9 Å². The summed E-state index contributed by atoms with van der Waals surface area (Å²) in [6.07, 6.45) is 3.58. The molecule has 0 spiro atoms. The van der Waals surface area contributed by atoms with Crippen molar-refractivity contribution >= 4 is 5.91 Å². The Hall–Kier alpha value is -2.08. The fourth-order valence-electron chi connectivity index (χ4n) is 2.68. The van der Waals surface area contributed by atoms with Gasteiger partial charge in [-0.2, -0.15) is 5.10 Å². The predicted molar refractivity (Wildman–Crippen MR) is 80.0 cm³/mol. The Morgan fingerprint density at radius 2 is 2.23 bits per heavy atom. The number of H-pyrrole nitrogens is 1. The molecule has 2 heterocycles. The lowest BCUT2D eigenvalue weighted by Crippen LogP contribution is -2.37. The Bertz CT molecular complexity index is 643. The van der Waals surface area contributed by atoms with E-state index < -0.39 is 0 Å². The molecule has 0 saturated heterocycles. The molecule has 22 heavy (non-hydrogen) atoms. The maximum absolute atomic E-state index is 12.7. The van der Waals surface area contributed by atoms with Crippen LogP contribution in [0.4, 0.5) is 0 Å². The fourth-order valence-corrected chi connectivity index (χ4v) is 2.68. The third-order valence-electron chi connectivity index (χ3n) is 4.14.